The lowest BCUT2D eigenvalue weighted by Gasteiger charge is -2.09. The summed E-state index contributed by atoms with van der Waals surface area (Å²) in [5.74, 6) is 1.12. The van der Waals surface area contributed by atoms with Gasteiger partial charge in [0.1, 0.15) is 0 Å². The van der Waals surface area contributed by atoms with Crippen LogP contribution in [0.25, 0.3) is 17.1 Å². The third kappa shape index (κ3) is 5.30. The van der Waals surface area contributed by atoms with E-state index in [1.54, 1.807) is 11.0 Å². The summed E-state index contributed by atoms with van der Waals surface area (Å²) in [6, 6.07) is 9.42. The number of nitrogens with one attached hydrogen (secondary N) is 1. The van der Waals surface area contributed by atoms with Crippen LogP contribution in [-0.2, 0) is 17.4 Å². The minimum atomic E-state index is -4.67. The van der Waals surface area contributed by atoms with Crippen molar-refractivity contribution in [1.82, 2.24) is 29.3 Å². The van der Waals surface area contributed by atoms with E-state index in [1.165, 1.54) is 0 Å². The number of fused-ring (bicyclic) bond motifs is 1. The Hall–Kier alpha value is -3.06. The van der Waals surface area contributed by atoms with Gasteiger partial charge in [0.25, 0.3) is 5.95 Å². The Bertz CT molecular complexity index is 1290. The standard InChI is InChI=1S/C17H16ClN7.H2O4S/c1-10-8-11(2)25(23-10)17-21-15(14-16(22-17)24(3)9-19-14)20-13-6-4-12(18)5-7-13;1-5(2,3)4/h4-9H,1-3H3,(H,20,21,22);(H2,1,2,3,4). The van der Waals surface area contributed by atoms with Crippen LogP contribution in [0.2, 0.25) is 5.02 Å². The predicted molar refractivity (Wildman–Crippen MR) is 112 cm³/mol. The second-order valence-electron chi connectivity index (χ2n) is 6.32. The largest absolute Gasteiger partial charge is 0.394 e. The second kappa shape index (κ2) is 8.36. The number of anilines is 2. The molecule has 0 spiro atoms. The summed E-state index contributed by atoms with van der Waals surface area (Å²) in [6.45, 7) is 3.92. The molecule has 0 bridgehead atoms. The topological polar surface area (TPSA) is 148 Å². The first-order chi connectivity index (χ1) is 14.0. The summed E-state index contributed by atoms with van der Waals surface area (Å²) in [5.41, 5.74) is 4.18. The molecule has 0 atom stereocenters. The Kier molecular flexibility index (Phi) is 6.03. The molecule has 0 saturated carbocycles. The summed E-state index contributed by atoms with van der Waals surface area (Å²) in [4.78, 5) is 13.7. The number of aryl methyl sites for hydroxylation is 3. The van der Waals surface area contributed by atoms with Gasteiger partial charge in [0.15, 0.2) is 17.0 Å². The molecular formula is C17H18ClN7O4S. The predicted octanol–water partition coefficient (Wildman–Crippen LogP) is 2.91. The fraction of sp³-hybridized carbons (Fsp3) is 0.176. The summed E-state index contributed by atoms with van der Waals surface area (Å²) in [6.07, 6.45) is 1.72. The molecule has 11 nitrogen and oxygen atoms in total. The normalized spacial score (nSPS) is 11.3. The number of hydrogen-bond acceptors (Lipinski definition) is 7. The molecule has 3 aromatic heterocycles. The third-order valence-electron chi connectivity index (χ3n) is 3.85. The van der Waals surface area contributed by atoms with Crippen molar-refractivity contribution in [2.75, 3.05) is 5.32 Å². The molecule has 30 heavy (non-hydrogen) atoms. The monoisotopic (exact) mass is 451 g/mol. The number of nitrogens with zero attached hydrogens (tertiary/aromatic N) is 6. The highest BCUT2D eigenvalue weighted by atomic mass is 35.5. The molecule has 3 heterocycles. The van der Waals surface area contributed by atoms with Crippen LogP contribution in [0.15, 0.2) is 36.7 Å². The Balaban J connectivity index is 0.000000461. The molecule has 0 aliphatic carbocycles. The van der Waals surface area contributed by atoms with Crippen molar-refractivity contribution in [3.8, 4) is 5.95 Å². The van der Waals surface area contributed by atoms with E-state index in [0.29, 0.717) is 22.3 Å². The molecule has 0 saturated heterocycles. The van der Waals surface area contributed by atoms with Gasteiger partial charge >= 0.3 is 10.4 Å². The van der Waals surface area contributed by atoms with Crippen molar-refractivity contribution < 1.29 is 17.5 Å². The second-order valence-corrected chi connectivity index (χ2v) is 7.65. The molecule has 0 aliphatic rings. The Morgan fingerprint density at radius 3 is 2.30 bits per heavy atom. The number of aromatic nitrogens is 6. The Labute approximate surface area is 176 Å². The maximum Gasteiger partial charge on any atom is 0.394 e. The maximum absolute atomic E-state index is 8.74. The van der Waals surface area contributed by atoms with Gasteiger partial charge in [-0.2, -0.15) is 23.5 Å². The summed E-state index contributed by atoms with van der Waals surface area (Å²) in [5, 5.41) is 8.46. The first-order valence-electron chi connectivity index (χ1n) is 8.46. The van der Waals surface area contributed by atoms with Gasteiger partial charge in [-0.3, -0.25) is 9.11 Å². The van der Waals surface area contributed by atoms with Crippen molar-refractivity contribution >= 4 is 44.7 Å². The van der Waals surface area contributed by atoms with Crippen LogP contribution in [0.5, 0.6) is 0 Å². The van der Waals surface area contributed by atoms with E-state index in [0.717, 1.165) is 22.7 Å². The average Bonchev–Trinajstić information content (AvgIpc) is 3.17. The highest BCUT2D eigenvalue weighted by molar-refractivity contribution is 7.79. The van der Waals surface area contributed by atoms with Crippen LogP contribution < -0.4 is 5.32 Å². The van der Waals surface area contributed by atoms with E-state index in [9.17, 15) is 0 Å². The van der Waals surface area contributed by atoms with E-state index in [4.69, 9.17) is 29.1 Å². The Morgan fingerprint density at radius 1 is 1.10 bits per heavy atom. The summed E-state index contributed by atoms with van der Waals surface area (Å²) < 4.78 is 35.2. The van der Waals surface area contributed by atoms with Crippen molar-refractivity contribution in [3.05, 3.63) is 53.1 Å². The number of rotatable bonds is 3. The molecule has 4 aromatic rings. The van der Waals surface area contributed by atoms with Crippen molar-refractivity contribution in [3.63, 3.8) is 0 Å². The van der Waals surface area contributed by atoms with E-state index in [-0.39, 0.29) is 0 Å². The molecule has 0 aliphatic heterocycles. The number of halogens is 1. The van der Waals surface area contributed by atoms with Gasteiger partial charge < -0.3 is 9.88 Å². The minimum Gasteiger partial charge on any atom is -0.338 e. The molecule has 3 N–H and O–H groups in total. The van der Waals surface area contributed by atoms with Gasteiger partial charge in [0.05, 0.1) is 12.0 Å². The van der Waals surface area contributed by atoms with Crippen LogP contribution in [-0.4, -0.2) is 46.8 Å². The van der Waals surface area contributed by atoms with Crippen molar-refractivity contribution in [2.24, 2.45) is 7.05 Å². The fourth-order valence-corrected chi connectivity index (χ4v) is 2.80. The molecule has 4 rings (SSSR count). The lowest BCUT2D eigenvalue weighted by atomic mass is 10.3. The van der Waals surface area contributed by atoms with Crippen LogP contribution >= 0.6 is 11.6 Å². The smallest absolute Gasteiger partial charge is 0.338 e. The zero-order valence-electron chi connectivity index (χ0n) is 16.1. The minimum absolute atomic E-state index is 0.498. The maximum atomic E-state index is 8.74. The number of hydrogen-bond donors (Lipinski definition) is 3. The van der Waals surface area contributed by atoms with Gasteiger partial charge in [-0.1, -0.05) is 11.6 Å². The van der Waals surface area contributed by atoms with Gasteiger partial charge in [0.2, 0.25) is 0 Å². The van der Waals surface area contributed by atoms with Crippen LogP contribution in [0, 0.1) is 13.8 Å². The van der Waals surface area contributed by atoms with Crippen LogP contribution in [0.4, 0.5) is 11.5 Å². The molecule has 13 heteroatoms. The van der Waals surface area contributed by atoms with E-state index in [1.807, 2.05) is 55.8 Å². The summed E-state index contributed by atoms with van der Waals surface area (Å²) >= 11 is 5.96. The lowest BCUT2D eigenvalue weighted by molar-refractivity contribution is 0.381. The molecule has 0 fully saturated rings. The highest BCUT2D eigenvalue weighted by Gasteiger charge is 2.15. The number of benzene rings is 1. The number of imidazole rings is 1. The van der Waals surface area contributed by atoms with Gasteiger partial charge in [0, 0.05) is 23.5 Å². The zero-order valence-corrected chi connectivity index (χ0v) is 17.7. The zero-order chi connectivity index (χ0) is 22.1. The van der Waals surface area contributed by atoms with Crippen LogP contribution in [0.1, 0.15) is 11.4 Å². The van der Waals surface area contributed by atoms with Gasteiger partial charge in [-0.15, -0.1) is 0 Å². The van der Waals surface area contributed by atoms with Gasteiger partial charge in [-0.25, -0.2) is 9.67 Å². The summed E-state index contributed by atoms with van der Waals surface area (Å²) in [7, 11) is -2.76. The van der Waals surface area contributed by atoms with E-state index >= 15 is 0 Å². The van der Waals surface area contributed by atoms with E-state index in [2.05, 4.69) is 25.4 Å². The SMILES string of the molecule is Cc1cc(C)n(-c2nc(Nc3ccc(Cl)cc3)c3ncn(C)c3n2)n1.O=S(=O)(O)O. The molecule has 0 amide bonds. The van der Waals surface area contributed by atoms with Crippen LogP contribution in [0.3, 0.4) is 0 Å². The molecule has 1 aromatic carbocycles. The molecule has 0 unspecified atom stereocenters. The van der Waals surface area contributed by atoms with Gasteiger partial charge in [-0.05, 0) is 44.2 Å². The quantitative estimate of drug-likeness (QED) is 0.399. The molecule has 158 valence electrons. The first kappa shape index (κ1) is 21.6. The highest BCUT2D eigenvalue weighted by Crippen LogP contribution is 2.24. The molecular weight excluding hydrogens is 434 g/mol. The lowest BCUT2D eigenvalue weighted by Crippen LogP contribution is -2.08. The average molecular weight is 452 g/mol. The Morgan fingerprint density at radius 2 is 1.73 bits per heavy atom. The first-order valence-corrected chi connectivity index (χ1v) is 10.2. The third-order valence-corrected chi connectivity index (χ3v) is 4.11. The molecule has 0 radical (unpaired) electrons. The van der Waals surface area contributed by atoms with Crippen molar-refractivity contribution in [2.45, 2.75) is 13.8 Å². The van der Waals surface area contributed by atoms with E-state index < -0.39 is 10.4 Å². The van der Waals surface area contributed by atoms with Crippen molar-refractivity contribution in [1.29, 1.82) is 0 Å². The fourth-order valence-electron chi connectivity index (χ4n) is 2.68.